The van der Waals surface area contributed by atoms with Crippen LogP contribution in [-0.2, 0) is 23.8 Å². The summed E-state index contributed by atoms with van der Waals surface area (Å²) in [7, 11) is -3.80. The van der Waals surface area contributed by atoms with Gasteiger partial charge >= 0.3 is 5.97 Å². The van der Waals surface area contributed by atoms with Gasteiger partial charge in [0.2, 0.25) is 0 Å². The first-order chi connectivity index (χ1) is 10.1. The SMILES string of the molecule is CC(=O)O[C@H](C(C)C)[C@@H](C)COS(=O)(=O)c1ccc(C)cc1. The first-order valence-electron chi connectivity index (χ1n) is 7.27. The fourth-order valence-electron chi connectivity index (χ4n) is 2.17. The second kappa shape index (κ2) is 7.74. The highest BCUT2D eigenvalue weighted by Crippen LogP contribution is 2.20. The van der Waals surface area contributed by atoms with Crippen LogP contribution in [0.5, 0.6) is 0 Å². The van der Waals surface area contributed by atoms with Crippen LogP contribution in [0.15, 0.2) is 29.2 Å². The molecule has 0 aliphatic rings. The van der Waals surface area contributed by atoms with E-state index in [1.807, 2.05) is 20.8 Å². The maximum atomic E-state index is 12.1. The summed E-state index contributed by atoms with van der Waals surface area (Å²) in [6.07, 6.45) is -0.384. The monoisotopic (exact) mass is 328 g/mol. The quantitative estimate of drug-likeness (QED) is 0.568. The zero-order valence-electron chi connectivity index (χ0n) is 13.7. The second-order valence-electron chi connectivity index (χ2n) is 5.85. The molecule has 5 nitrogen and oxygen atoms in total. The standard InChI is InChI=1S/C16H24O5S/c1-11(2)16(21-14(5)17)13(4)10-20-22(18,19)15-8-6-12(3)7-9-15/h6-9,11,13,16H,10H2,1-5H3/t13-,16+/m0/s1. The Labute approximate surface area is 132 Å². The van der Waals surface area contributed by atoms with Gasteiger partial charge < -0.3 is 4.74 Å². The largest absolute Gasteiger partial charge is 0.462 e. The summed E-state index contributed by atoms with van der Waals surface area (Å²) in [5, 5.41) is 0. The number of rotatable bonds is 7. The van der Waals surface area contributed by atoms with Crippen LogP contribution in [0.3, 0.4) is 0 Å². The molecule has 0 spiro atoms. The van der Waals surface area contributed by atoms with Gasteiger partial charge in [0.15, 0.2) is 0 Å². The number of benzene rings is 1. The van der Waals surface area contributed by atoms with E-state index in [-0.39, 0.29) is 35.4 Å². The summed E-state index contributed by atoms with van der Waals surface area (Å²) < 4.78 is 34.6. The van der Waals surface area contributed by atoms with Gasteiger partial charge in [-0.25, -0.2) is 0 Å². The normalized spacial score (nSPS) is 14.6. The molecule has 0 aromatic heterocycles. The summed E-state index contributed by atoms with van der Waals surface area (Å²) >= 11 is 0. The molecule has 0 amide bonds. The molecule has 0 saturated carbocycles. The van der Waals surface area contributed by atoms with Crippen molar-refractivity contribution in [1.29, 1.82) is 0 Å². The summed E-state index contributed by atoms with van der Waals surface area (Å²) in [5.41, 5.74) is 0.974. The first-order valence-corrected chi connectivity index (χ1v) is 8.67. The highest BCUT2D eigenvalue weighted by atomic mass is 32.2. The molecule has 6 heteroatoms. The number of hydrogen-bond donors (Lipinski definition) is 0. The lowest BCUT2D eigenvalue weighted by Gasteiger charge is -2.26. The van der Waals surface area contributed by atoms with Gasteiger partial charge in [0, 0.05) is 12.8 Å². The second-order valence-corrected chi connectivity index (χ2v) is 7.46. The molecule has 0 aliphatic carbocycles. The highest BCUT2D eigenvalue weighted by Gasteiger charge is 2.26. The zero-order chi connectivity index (χ0) is 16.9. The minimum absolute atomic E-state index is 0.0354. The van der Waals surface area contributed by atoms with E-state index in [2.05, 4.69) is 0 Å². The molecule has 1 aromatic rings. The zero-order valence-corrected chi connectivity index (χ0v) is 14.5. The van der Waals surface area contributed by atoms with Crippen molar-refractivity contribution < 1.29 is 22.1 Å². The predicted octanol–water partition coefficient (Wildman–Crippen LogP) is 2.92. The molecule has 0 radical (unpaired) electrons. The smallest absolute Gasteiger partial charge is 0.302 e. The van der Waals surface area contributed by atoms with E-state index in [0.717, 1.165) is 5.56 Å². The third-order valence-electron chi connectivity index (χ3n) is 3.32. The Balaban J connectivity index is 2.74. The predicted molar refractivity (Wildman–Crippen MR) is 83.9 cm³/mol. The maximum absolute atomic E-state index is 12.1. The van der Waals surface area contributed by atoms with E-state index in [1.54, 1.807) is 19.1 Å². The number of esters is 1. The van der Waals surface area contributed by atoms with Gasteiger partial charge in [-0.15, -0.1) is 0 Å². The summed E-state index contributed by atoms with van der Waals surface area (Å²) in [6, 6.07) is 6.47. The number of aryl methyl sites for hydroxylation is 1. The van der Waals surface area contributed by atoms with Crippen molar-refractivity contribution in [2.75, 3.05) is 6.61 Å². The lowest BCUT2D eigenvalue weighted by Crippen LogP contribution is -2.32. The van der Waals surface area contributed by atoms with Crippen LogP contribution in [0.1, 0.15) is 33.3 Å². The van der Waals surface area contributed by atoms with Crippen molar-refractivity contribution in [3.63, 3.8) is 0 Å². The van der Waals surface area contributed by atoms with E-state index in [0.29, 0.717) is 0 Å². The van der Waals surface area contributed by atoms with Crippen LogP contribution >= 0.6 is 0 Å². The fourth-order valence-corrected chi connectivity index (χ4v) is 3.16. The molecule has 0 saturated heterocycles. The molecular weight excluding hydrogens is 304 g/mol. The van der Waals surface area contributed by atoms with Crippen LogP contribution in [0.25, 0.3) is 0 Å². The van der Waals surface area contributed by atoms with Crippen LogP contribution in [0.2, 0.25) is 0 Å². The Bertz CT molecular complexity index is 589. The minimum Gasteiger partial charge on any atom is -0.462 e. The van der Waals surface area contributed by atoms with Crippen molar-refractivity contribution in [3.05, 3.63) is 29.8 Å². The number of carbonyl (C=O) groups excluding carboxylic acids is 1. The minimum atomic E-state index is -3.80. The molecule has 124 valence electrons. The number of ether oxygens (including phenoxy) is 1. The van der Waals surface area contributed by atoms with Crippen LogP contribution < -0.4 is 0 Å². The molecule has 0 fully saturated rings. The van der Waals surface area contributed by atoms with Gasteiger partial charge in [0.25, 0.3) is 10.1 Å². The van der Waals surface area contributed by atoms with Crippen molar-refractivity contribution in [3.8, 4) is 0 Å². The molecule has 0 heterocycles. The summed E-state index contributed by atoms with van der Waals surface area (Å²) in [6.45, 7) is 8.82. The van der Waals surface area contributed by atoms with Crippen molar-refractivity contribution in [1.82, 2.24) is 0 Å². The Morgan fingerprint density at radius 3 is 2.14 bits per heavy atom. The van der Waals surface area contributed by atoms with Gasteiger partial charge in [0.1, 0.15) is 6.10 Å². The van der Waals surface area contributed by atoms with Gasteiger partial charge in [-0.05, 0) is 25.0 Å². The lowest BCUT2D eigenvalue weighted by atomic mass is 9.95. The van der Waals surface area contributed by atoms with Crippen molar-refractivity contribution in [2.24, 2.45) is 11.8 Å². The molecule has 0 bridgehead atoms. The molecule has 0 aliphatic heterocycles. The van der Waals surface area contributed by atoms with Gasteiger partial charge in [-0.1, -0.05) is 38.5 Å². The van der Waals surface area contributed by atoms with Gasteiger partial charge in [0.05, 0.1) is 11.5 Å². The van der Waals surface area contributed by atoms with Crippen LogP contribution in [0.4, 0.5) is 0 Å². The molecule has 0 N–H and O–H groups in total. The molecule has 1 aromatic carbocycles. The highest BCUT2D eigenvalue weighted by molar-refractivity contribution is 7.86. The van der Waals surface area contributed by atoms with Crippen LogP contribution in [-0.4, -0.2) is 27.1 Å². The van der Waals surface area contributed by atoms with Crippen LogP contribution in [0, 0.1) is 18.8 Å². The topological polar surface area (TPSA) is 69.7 Å². The van der Waals surface area contributed by atoms with E-state index < -0.39 is 10.1 Å². The Morgan fingerprint density at radius 2 is 1.68 bits per heavy atom. The third kappa shape index (κ3) is 5.42. The van der Waals surface area contributed by atoms with Crippen molar-refractivity contribution >= 4 is 16.1 Å². The van der Waals surface area contributed by atoms with Gasteiger partial charge in [-0.2, -0.15) is 8.42 Å². The molecule has 0 unspecified atom stereocenters. The summed E-state index contributed by atoms with van der Waals surface area (Å²) in [4.78, 5) is 11.3. The van der Waals surface area contributed by atoms with Gasteiger partial charge in [-0.3, -0.25) is 8.98 Å². The lowest BCUT2D eigenvalue weighted by molar-refractivity contribution is -0.152. The van der Waals surface area contributed by atoms with E-state index >= 15 is 0 Å². The average molecular weight is 328 g/mol. The van der Waals surface area contributed by atoms with Crippen molar-refractivity contribution in [2.45, 2.75) is 45.6 Å². The molecule has 22 heavy (non-hydrogen) atoms. The van der Waals surface area contributed by atoms with E-state index in [9.17, 15) is 13.2 Å². The molecular formula is C16H24O5S. The third-order valence-corrected chi connectivity index (χ3v) is 4.61. The molecule has 2 atom stereocenters. The Kier molecular flexibility index (Phi) is 6.56. The molecule has 1 rings (SSSR count). The maximum Gasteiger partial charge on any atom is 0.302 e. The van der Waals surface area contributed by atoms with E-state index in [4.69, 9.17) is 8.92 Å². The number of hydrogen-bond acceptors (Lipinski definition) is 5. The Morgan fingerprint density at radius 1 is 1.14 bits per heavy atom. The fraction of sp³-hybridized carbons (Fsp3) is 0.562. The van der Waals surface area contributed by atoms with E-state index in [1.165, 1.54) is 19.1 Å². The Hall–Kier alpha value is -1.40. The number of carbonyl (C=O) groups is 1. The first kappa shape index (κ1) is 18.6. The summed E-state index contributed by atoms with van der Waals surface area (Å²) in [5.74, 6) is -0.541. The average Bonchev–Trinajstić information content (AvgIpc) is 2.42.